The topological polar surface area (TPSA) is 80.4 Å². The van der Waals surface area contributed by atoms with Gasteiger partial charge < -0.3 is 10.8 Å². The van der Waals surface area contributed by atoms with Gasteiger partial charge in [0.15, 0.2) is 9.84 Å². The first-order valence-corrected chi connectivity index (χ1v) is 8.40. The molecule has 4 nitrogen and oxygen atoms in total. The van der Waals surface area contributed by atoms with Crippen LogP contribution in [0.2, 0.25) is 0 Å². The van der Waals surface area contributed by atoms with Gasteiger partial charge in [0.1, 0.15) is 5.82 Å². The van der Waals surface area contributed by atoms with Crippen LogP contribution in [-0.2, 0) is 9.84 Å². The van der Waals surface area contributed by atoms with Crippen molar-refractivity contribution in [2.75, 3.05) is 6.61 Å². The first kappa shape index (κ1) is 15.1. The lowest BCUT2D eigenvalue weighted by molar-refractivity contribution is 0.253. The molecule has 3 rings (SSSR count). The Morgan fingerprint density at radius 1 is 1.09 bits per heavy atom. The number of benzene rings is 2. The first-order chi connectivity index (χ1) is 10.4. The van der Waals surface area contributed by atoms with Crippen LogP contribution in [-0.4, -0.2) is 30.9 Å². The largest absolute Gasteiger partial charge is 0.394 e. The summed E-state index contributed by atoms with van der Waals surface area (Å²) >= 11 is 0. The molecule has 22 heavy (non-hydrogen) atoms. The molecule has 3 N–H and O–H groups in total. The summed E-state index contributed by atoms with van der Waals surface area (Å²) in [7, 11) is -3.67. The molecule has 1 fully saturated rings. The van der Waals surface area contributed by atoms with Gasteiger partial charge in [0, 0.05) is 5.92 Å². The molecule has 0 amide bonds. The van der Waals surface area contributed by atoms with Crippen molar-refractivity contribution in [2.24, 2.45) is 5.73 Å². The molecule has 2 aromatic rings. The molecule has 0 saturated heterocycles. The first-order valence-electron chi connectivity index (χ1n) is 6.85. The average molecular weight is 321 g/mol. The zero-order valence-corrected chi connectivity index (χ0v) is 12.5. The van der Waals surface area contributed by atoms with Crippen LogP contribution in [0.5, 0.6) is 0 Å². The van der Waals surface area contributed by atoms with Crippen LogP contribution in [0.3, 0.4) is 0 Å². The lowest BCUT2D eigenvalue weighted by Crippen LogP contribution is -2.35. The Kier molecular flexibility index (Phi) is 3.55. The summed E-state index contributed by atoms with van der Waals surface area (Å²) in [5.41, 5.74) is 5.47. The van der Waals surface area contributed by atoms with Crippen molar-refractivity contribution in [1.82, 2.24) is 0 Å². The van der Waals surface area contributed by atoms with Crippen molar-refractivity contribution in [1.29, 1.82) is 0 Å². The molecule has 0 radical (unpaired) electrons. The number of aliphatic hydroxyl groups is 1. The van der Waals surface area contributed by atoms with E-state index < -0.39 is 39.0 Å². The number of sulfone groups is 1. The van der Waals surface area contributed by atoms with Crippen LogP contribution in [0.1, 0.15) is 11.5 Å². The third kappa shape index (κ3) is 2.24. The zero-order chi connectivity index (χ0) is 16.0. The molecule has 0 aliphatic heterocycles. The fourth-order valence-electron chi connectivity index (χ4n) is 2.99. The Morgan fingerprint density at radius 2 is 1.68 bits per heavy atom. The molecule has 2 aromatic carbocycles. The Morgan fingerprint density at radius 3 is 2.23 bits per heavy atom. The minimum atomic E-state index is -3.67. The van der Waals surface area contributed by atoms with E-state index >= 15 is 0 Å². The second-order valence-corrected chi connectivity index (χ2v) is 7.65. The second kappa shape index (κ2) is 5.15. The van der Waals surface area contributed by atoms with Crippen molar-refractivity contribution in [3.63, 3.8) is 0 Å². The van der Waals surface area contributed by atoms with Crippen LogP contribution >= 0.6 is 0 Å². The van der Waals surface area contributed by atoms with E-state index in [1.54, 1.807) is 18.2 Å². The summed E-state index contributed by atoms with van der Waals surface area (Å²) in [5.74, 6) is -0.957. The van der Waals surface area contributed by atoms with E-state index in [0.29, 0.717) is 5.56 Å². The quantitative estimate of drug-likeness (QED) is 0.893. The van der Waals surface area contributed by atoms with Crippen molar-refractivity contribution in [3.8, 4) is 0 Å². The Labute approximate surface area is 128 Å². The molecule has 3 atom stereocenters. The van der Waals surface area contributed by atoms with Gasteiger partial charge >= 0.3 is 0 Å². The molecule has 0 spiro atoms. The standard InChI is InChI=1S/C16H16FNO3S/c17-12-8-6-11(7-9-12)14-15(16(14,18)10-19)22(20,21)13-4-2-1-3-5-13/h1-9,14-15,19H,10,18H2/t14-,15+,16+/m1/s1. The molecule has 6 heteroatoms. The van der Waals surface area contributed by atoms with E-state index in [9.17, 15) is 17.9 Å². The molecule has 116 valence electrons. The van der Waals surface area contributed by atoms with Gasteiger partial charge in [0.25, 0.3) is 0 Å². The predicted octanol–water partition coefficient (Wildman–Crippen LogP) is 1.46. The number of halogens is 1. The van der Waals surface area contributed by atoms with Crippen LogP contribution < -0.4 is 5.73 Å². The third-order valence-electron chi connectivity index (χ3n) is 4.21. The summed E-state index contributed by atoms with van der Waals surface area (Å²) in [6.07, 6.45) is 0. The minimum absolute atomic E-state index is 0.174. The molecule has 1 saturated carbocycles. The predicted molar refractivity (Wildman–Crippen MR) is 80.6 cm³/mol. The molecule has 1 aliphatic rings. The van der Waals surface area contributed by atoms with E-state index in [-0.39, 0.29) is 4.90 Å². The van der Waals surface area contributed by atoms with Crippen LogP contribution in [0, 0.1) is 5.82 Å². The summed E-state index contributed by atoms with van der Waals surface area (Å²) in [6, 6.07) is 13.6. The third-order valence-corrected chi connectivity index (χ3v) is 6.52. The highest BCUT2D eigenvalue weighted by Crippen LogP contribution is 2.55. The normalized spacial score (nSPS) is 27.6. The molecule has 0 unspecified atom stereocenters. The van der Waals surface area contributed by atoms with Gasteiger partial charge in [-0.2, -0.15) is 0 Å². The van der Waals surface area contributed by atoms with E-state index in [1.165, 1.54) is 36.4 Å². The highest BCUT2D eigenvalue weighted by Gasteiger charge is 2.69. The van der Waals surface area contributed by atoms with Crippen molar-refractivity contribution in [3.05, 3.63) is 66.0 Å². The molecule has 0 aromatic heterocycles. The average Bonchev–Trinajstić information content (AvgIpc) is 3.17. The lowest BCUT2D eigenvalue weighted by atomic mass is 10.1. The number of rotatable bonds is 4. The maximum Gasteiger partial charge on any atom is 0.183 e. The van der Waals surface area contributed by atoms with Gasteiger partial charge in [-0.3, -0.25) is 0 Å². The zero-order valence-electron chi connectivity index (χ0n) is 11.7. The van der Waals surface area contributed by atoms with Crippen molar-refractivity contribution in [2.45, 2.75) is 21.6 Å². The highest BCUT2D eigenvalue weighted by molar-refractivity contribution is 7.92. The monoisotopic (exact) mass is 321 g/mol. The van der Waals surface area contributed by atoms with Crippen molar-refractivity contribution < 1.29 is 17.9 Å². The maximum atomic E-state index is 13.0. The van der Waals surface area contributed by atoms with Crippen LogP contribution in [0.4, 0.5) is 4.39 Å². The van der Waals surface area contributed by atoms with Gasteiger partial charge in [-0.25, -0.2) is 12.8 Å². The Bertz CT molecular complexity index is 777. The number of aliphatic hydroxyl groups excluding tert-OH is 1. The van der Waals surface area contributed by atoms with Gasteiger partial charge in [0.2, 0.25) is 0 Å². The van der Waals surface area contributed by atoms with E-state index in [1.807, 2.05) is 0 Å². The number of hydrogen-bond acceptors (Lipinski definition) is 4. The molecule has 0 heterocycles. The Hall–Kier alpha value is -1.76. The SMILES string of the molecule is N[C@@]1(CO)[C@H](c2ccc(F)cc2)[C@@H]1S(=O)(=O)c1ccccc1. The second-order valence-electron chi connectivity index (χ2n) is 5.58. The summed E-state index contributed by atoms with van der Waals surface area (Å²) in [5, 5.41) is 8.65. The van der Waals surface area contributed by atoms with Gasteiger partial charge in [0.05, 0.1) is 22.3 Å². The van der Waals surface area contributed by atoms with E-state index in [4.69, 9.17) is 5.73 Å². The summed E-state index contributed by atoms with van der Waals surface area (Å²) in [6.45, 7) is -0.453. The van der Waals surface area contributed by atoms with Crippen molar-refractivity contribution >= 4 is 9.84 Å². The lowest BCUT2D eigenvalue weighted by Gasteiger charge is -2.08. The number of hydrogen-bond donors (Lipinski definition) is 2. The van der Waals surface area contributed by atoms with Crippen LogP contribution in [0.25, 0.3) is 0 Å². The van der Waals surface area contributed by atoms with Gasteiger partial charge in [-0.05, 0) is 29.8 Å². The van der Waals surface area contributed by atoms with Crippen LogP contribution in [0.15, 0.2) is 59.5 Å². The minimum Gasteiger partial charge on any atom is -0.394 e. The fourth-order valence-corrected chi connectivity index (χ4v) is 5.31. The molecule has 0 bridgehead atoms. The maximum absolute atomic E-state index is 13.0. The summed E-state index contributed by atoms with van der Waals surface area (Å²) in [4.78, 5) is 0.174. The Balaban J connectivity index is 2.02. The molecule has 1 aliphatic carbocycles. The summed E-state index contributed by atoms with van der Waals surface area (Å²) < 4.78 is 38.6. The van der Waals surface area contributed by atoms with Gasteiger partial charge in [-0.15, -0.1) is 0 Å². The smallest absolute Gasteiger partial charge is 0.183 e. The number of nitrogens with two attached hydrogens (primary N) is 1. The molecular formula is C16H16FNO3S. The molecular weight excluding hydrogens is 305 g/mol. The fraction of sp³-hybridized carbons (Fsp3) is 0.250. The van der Waals surface area contributed by atoms with E-state index in [0.717, 1.165) is 0 Å². The van der Waals surface area contributed by atoms with E-state index in [2.05, 4.69) is 0 Å². The highest BCUT2D eigenvalue weighted by atomic mass is 32.2. The van der Waals surface area contributed by atoms with Gasteiger partial charge in [-0.1, -0.05) is 30.3 Å².